The number of rotatable bonds is 4. The van der Waals surface area contributed by atoms with Gasteiger partial charge in [-0.15, -0.1) is 0 Å². The van der Waals surface area contributed by atoms with Crippen molar-refractivity contribution in [2.24, 2.45) is 5.92 Å². The zero-order valence-corrected chi connectivity index (χ0v) is 11.7. The first kappa shape index (κ1) is 13.4. The van der Waals surface area contributed by atoms with Crippen LogP contribution in [0.15, 0.2) is 24.3 Å². The Bertz CT molecular complexity index is 378. The number of methoxy groups -OCH3 is 2. The van der Waals surface area contributed by atoms with E-state index in [9.17, 15) is 0 Å². The Hall–Kier alpha value is -1.02. The highest BCUT2D eigenvalue weighted by Crippen LogP contribution is 2.38. The second kappa shape index (κ2) is 5.75. The molecule has 1 aromatic rings. The molecule has 1 aliphatic carbocycles. The molecule has 1 fully saturated rings. The maximum absolute atomic E-state index is 5.87. The number of hydrogen-bond acceptors (Lipinski definition) is 2. The van der Waals surface area contributed by atoms with E-state index in [-0.39, 0.29) is 5.60 Å². The summed E-state index contributed by atoms with van der Waals surface area (Å²) in [5.41, 5.74) is 1.28. The van der Waals surface area contributed by atoms with Crippen molar-refractivity contribution in [1.82, 2.24) is 0 Å². The maximum atomic E-state index is 5.87. The lowest BCUT2D eigenvalue weighted by molar-refractivity contribution is -0.0472. The highest BCUT2D eigenvalue weighted by atomic mass is 16.5. The summed E-state index contributed by atoms with van der Waals surface area (Å²) in [7, 11) is 3.59. The molecule has 0 atom stereocenters. The van der Waals surface area contributed by atoms with Crippen molar-refractivity contribution in [2.45, 2.75) is 44.6 Å². The van der Waals surface area contributed by atoms with Crippen molar-refractivity contribution < 1.29 is 9.47 Å². The molecular weight excluding hydrogens is 224 g/mol. The third-order valence-electron chi connectivity index (χ3n) is 4.32. The molecular formula is C16H24O2. The average molecular weight is 248 g/mol. The van der Waals surface area contributed by atoms with E-state index in [1.165, 1.54) is 18.4 Å². The summed E-state index contributed by atoms with van der Waals surface area (Å²) in [6.45, 7) is 2.34. The van der Waals surface area contributed by atoms with Gasteiger partial charge in [-0.2, -0.15) is 0 Å². The van der Waals surface area contributed by atoms with Crippen molar-refractivity contribution in [1.29, 1.82) is 0 Å². The van der Waals surface area contributed by atoms with Crippen molar-refractivity contribution >= 4 is 0 Å². The molecule has 0 amide bonds. The average Bonchev–Trinajstić information content (AvgIpc) is 2.42. The van der Waals surface area contributed by atoms with Crippen molar-refractivity contribution in [3.8, 4) is 5.75 Å². The molecule has 0 unspecified atom stereocenters. The van der Waals surface area contributed by atoms with Crippen LogP contribution in [0.25, 0.3) is 0 Å². The van der Waals surface area contributed by atoms with Gasteiger partial charge in [-0.25, -0.2) is 0 Å². The smallest absolute Gasteiger partial charge is 0.122 e. The van der Waals surface area contributed by atoms with Gasteiger partial charge in [0.1, 0.15) is 5.75 Å². The minimum atomic E-state index is 0.0150. The Morgan fingerprint density at radius 2 is 1.83 bits per heavy atom. The summed E-state index contributed by atoms with van der Waals surface area (Å²) in [4.78, 5) is 0. The van der Waals surface area contributed by atoms with Gasteiger partial charge >= 0.3 is 0 Å². The van der Waals surface area contributed by atoms with Gasteiger partial charge < -0.3 is 9.47 Å². The zero-order chi connectivity index (χ0) is 13.0. The Balaban J connectivity index is 2.15. The van der Waals surface area contributed by atoms with Crippen LogP contribution >= 0.6 is 0 Å². The van der Waals surface area contributed by atoms with Crippen LogP contribution < -0.4 is 4.74 Å². The molecule has 0 radical (unpaired) electrons. The van der Waals surface area contributed by atoms with Crippen molar-refractivity contribution in [3.63, 3.8) is 0 Å². The van der Waals surface area contributed by atoms with Crippen LogP contribution in [0.1, 0.15) is 38.2 Å². The van der Waals surface area contributed by atoms with Gasteiger partial charge in [-0.1, -0.05) is 25.1 Å². The molecule has 1 aromatic carbocycles. The first-order valence-corrected chi connectivity index (χ1v) is 6.86. The van der Waals surface area contributed by atoms with E-state index in [4.69, 9.17) is 9.47 Å². The quantitative estimate of drug-likeness (QED) is 0.806. The van der Waals surface area contributed by atoms with Crippen molar-refractivity contribution in [2.75, 3.05) is 14.2 Å². The van der Waals surface area contributed by atoms with E-state index in [0.717, 1.165) is 30.9 Å². The molecule has 1 saturated carbocycles. The summed E-state index contributed by atoms with van der Waals surface area (Å²) in [6.07, 6.45) is 5.80. The van der Waals surface area contributed by atoms with Crippen LogP contribution in [0.5, 0.6) is 5.75 Å². The monoisotopic (exact) mass is 248 g/mol. The van der Waals surface area contributed by atoms with E-state index >= 15 is 0 Å². The molecule has 0 bridgehead atoms. The van der Waals surface area contributed by atoms with Gasteiger partial charge in [-0.3, -0.25) is 0 Å². The molecule has 2 nitrogen and oxygen atoms in total. The molecule has 0 N–H and O–H groups in total. The Kier molecular flexibility index (Phi) is 4.28. The first-order chi connectivity index (χ1) is 8.69. The molecule has 0 aromatic heterocycles. The van der Waals surface area contributed by atoms with Crippen LogP contribution in [-0.4, -0.2) is 19.8 Å². The topological polar surface area (TPSA) is 18.5 Å². The Morgan fingerprint density at radius 3 is 2.44 bits per heavy atom. The number of hydrogen-bond donors (Lipinski definition) is 0. The van der Waals surface area contributed by atoms with Gasteiger partial charge in [0.05, 0.1) is 12.7 Å². The standard InChI is InChI=1S/C16H24O2/c1-13-8-10-16(18-3,11-9-13)12-14-6-4-5-7-15(14)17-2/h4-7,13H,8-12H2,1-3H3. The van der Waals surface area contributed by atoms with Crippen LogP contribution in [0.3, 0.4) is 0 Å². The molecule has 0 spiro atoms. The lowest BCUT2D eigenvalue weighted by atomic mass is 9.76. The van der Waals surface area contributed by atoms with Crippen LogP contribution in [0.2, 0.25) is 0 Å². The lowest BCUT2D eigenvalue weighted by Crippen LogP contribution is -2.38. The van der Waals surface area contributed by atoms with Gasteiger partial charge in [0.15, 0.2) is 0 Å². The van der Waals surface area contributed by atoms with E-state index < -0.39 is 0 Å². The predicted molar refractivity (Wildman–Crippen MR) is 74.1 cm³/mol. The molecule has 18 heavy (non-hydrogen) atoms. The number of benzene rings is 1. The molecule has 100 valence electrons. The van der Waals surface area contributed by atoms with E-state index in [1.807, 2.05) is 19.2 Å². The number of para-hydroxylation sites is 1. The third kappa shape index (κ3) is 2.86. The first-order valence-electron chi connectivity index (χ1n) is 6.86. The third-order valence-corrected chi connectivity index (χ3v) is 4.32. The highest BCUT2D eigenvalue weighted by Gasteiger charge is 2.34. The summed E-state index contributed by atoms with van der Waals surface area (Å²) >= 11 is 0. The summed E-state index contributed by atoms with van der Waals surface area (Å²) in [5, 5.41) is 0. The van der Waals surface area contributed by atoms with Crippen LogP contribution in [-0.2, 0) is 11.2 Å². The zero-order valence-electron chi connectivity index (χ0n) is 11.7. The van der Waals surface area contributed by atoms with Gasteiger partial charge in [0.2, 0.25) is 0 Å². The largest absolute Gasteiger partial charge is 0.496 e. The SMILES string of the molecule is COc1ccccc1CC1(OC)CCC(C)CC1. The summed E-state index contributed by atoms with van der Waals surface area (Å²) in [5.74, 6) is 1.82. The minimum Gasteiger partial charge on any atom is -0.496 e. The summed E-state index contributed by atoms with van der Waals surface area (Å²) in [6, 6.07) is 8.28. The van der Waals surface area contributed by atoms with Crippen LogP contribution in [0.4, 0.5) is 0 Å². The predicted octanol–water partition coefficient (Wildman–Crippen LogP) is 3.83. The highest BCUT2D eigenvalue weighted by molar-refractivity contribution is 5.34. The van der Waals surface area contributed by atoms with Crippen molar-refractivity contribution in [3.05, 3.63) is 29.8 Å². The molecule has 0 heterocycles. The number of ether oxygens (including phenoxy) is 2. The molecule has 2 rings (SSSR count). The molecule has 0 saturated heterocycles. The van der Waals surface area contributed by atoms with E-state index in [0.29, 0.717) is 0 Å². The van der Waals surface area contributed by atoms with Gasteiger partial charge in [0.25, 0.3) is 0 Å². The molecule has 1 aliphatic rings. The fraction of sp³-hybridized carbons (Fsp3) is 0.625. The fourth-order valence-electron chi connectivity index (χ4n) is 2.94. The lowest BCUT2D eigenvalue weighted by Gasteiger charge is -2.38. The van der Waals surface area contributed by atoms with Crippen LogP contribution in [0, 0.1) is 5.92 Å². The minimum absolute atomic E-state index is 0.0150. The molecule has 2 heteroatoms. The van der Waals surface area contributed by atoms with Gasteiger partial charge in [0, 0.05) is 13.5 Å². The fourth-order valence-corrected chi connectivity index (χ4v) is 2.94. The van der Waals surface area contributed by atoms with Gasteiger partial charge in [-0.05, 0) is 43.2 Å². The maximum Gasteiger partial charge on any atom is 0.122 e. The second-order valence-electron chi connectivity index (χ2n) is 5.56. The Labute approximate surface area is 110 Å². The normalized spacial score (nSPS) is 28.1. The second-order valence-corrected chi connectivity index (χ2v) is 5.56. The van der Waals surface area contributed by atoms with E-state index in [1.54, 1.807) is 7.11 Å². The molecule has 0 aliphatic heterocycles. The Morgan fingerprint density at radius 1 is 1.17 bits per heavy atom. The van der Waals surface area contributed by atoms with E-state index in [2.05, 4.69) is 19.1 Å². The summed E-state index contributed by atoms with van der Waals surface area (Å²) < 4.78 is 11.3.